The van der Waals surface area contributed by atoms with Gasteiger partial charge in [-0.2, -0.15) is 4.98 Å². The van der Waals surface area contributed by atoms with Crippen LogP contribution in [0, 0.1) is 0 Å². The molecular weight excluding hydrogens is 554 g/mol. The lowest BCUT2D eigenvalue weighted by molar-refractivity contribution is -0.150. The average Bonchev–Trinajstić information content (AvgIpc) is 3.58. The molecule has 3 aromatic rings. The van der Waals surface area contributed by atoms with E-state index in [-0.39, 0.29) is 28.0 Å². The number of β-lactam (4-membered cyclic amide) rings is 1. The minimum absolute atomic E-state index is 0.102. The number of nitrogens with two attached hydrogens (primary N) is 1. The van der Waals surface area contributed by atoms with E-state index in [1.807, 2.05) is 6.07 Å². The van der Waals surface area contributed by atoms with Crippen molar-refractivity contribution < 1.29 is 24.3 Å². The highest BCUT2D eigenvalue weighted by Crippen LogP contribution is 2.41. The van der Waals surface area contributed by atoms with E-state index in [1.54, 1.807) is 23.7 Å². The Hall–Kier alpha value is -3.96. The summed E-state index contributed by atoms with van der Waals surface area (Å²) in [6.07, 6.45) is 1.64. The van der Waals surface area contributed by atoms with Gasteiger partial charge in [0.25, 0.3) is 11.8 Å². The Morgan fingerprint density at radius 3 is 2.92 bits per heavy atom. The maximum Gasteiger partial charge on any atom is 0.352 e. The van der Waals surface area contributed by atoms with Crippen molar-refractivity contribution in [2.75, 3.05) is 24.3 Å². The number of rotatable bonds is 9. The molecule has 2 aliphatic rings. The number of thiazole rings is 1. The van der Waals surface area contributed by atoms with Crippen molar-refractivity contribution in [3.63, 3.8) is 0 Å². The van der Waals surface area contributed by atoms with Crippen molar-refractivity contribution in [2.24, 2.45) is 5.16 Å². The van der Waals surface area contributed by atoms with Crippen molar-refractivity contribution in [2.45, 2.75) is 16.6 Å². The lowest BCUT2D eigenvalue weighted by Gasteiger charge is -2.49. The lowest BCUT2D eigenvalue weighted by Crippen LogP contribution is -2.71. The Morgan fingerprint density at radius 1 is 1.39 bits per heavy atom. The van der Waals surface area contributed by atoms with E-state index in [9.17, 15) is 19.5 Å². The number of fused-ring (bicyclic) bond motifs is 1. The van der Waals surface area contributed by atoms with Gasteiger partial charge in [-0.15, -0.1) is 28.2 Å². The summed E-state index contributed by atoms with van der Waals surface area (Å²) in [4.78, 5) is 56.6. The van der Waals surface area contributed by atoms with Crippen LogP contribution in [0.15, 0.2) is 51.4 Å². The van der Waals surface area contributed by atoms with Gasteiger partial charge in [0.1, 0.15) is 35.6 Å². The van der Waals surface area contributed by atoms with Gasteiger partial charge in [-0.25, -0.2) is 9.78 Å². The summed E-state index contributed by atoms with van der Waals surface area (Å²) in [5.41, 5.74) is 6.78. The third-order valence-electron chi connectivity index (χ3n) is 5.45. The zero-order valence-electron chi connectivity index (χ0n) is 19.5. The van der Waals surface area contributed by atoms with Crippen molar-refractivity contribution in [1.29, 1.82) is 0 Å². The lowest BCUT2D eigenvalue weighted by atomic mass is 10.0. The van der Waals surface area contributed by atoms with Gasteiger partial charge < -0.3 is 21.0 Å². The number of hydrogen-bond donors (Lipinski definition) is 4. The molecule has 17 heteroatoms. The van der Waals surface area contributed by atoms with Crippen LogP contribution in [0.3, 0.4) is 0 Å². The van der Waals surface area contributed by atoms with E-state index in [1.165, 1.54) is 35.5 Å². The topological polar surface area (TPSA) is 202 Å². The second-order valence-corrected chi connectivity index (χ2v) is 10.7. The van der Waals surface area contributed by atoms with Gasteiger partial charge in [-0.3, -0.25) is 24.6 Å². The number of hydrogen-bond acceptors (Lipinski definition) is 13. The fraction of sp³-hybridized carbons (Fsp3) is 0.238. The molecule has 0 aliphatic carbocycles. The van der Waals surface area contributed by atoms with E-state index in [4.69, 9.17) is 10.6 Å². The van der Waals surface area contributed by atoms with E-state index < -0.39 is 29.2 Å². The molecule has 0 radical (unpaired) electrons. The second-order valence-electron chi connectivity index (χ2n) is 7.78. The van der Waals surface area contributed by atoms with Crippen LogP contribution in [0.5, 0.6) is 0 Å². The molecule has 5 heterocycles. The number of carboxylic acids is 1. The van der Waals surface area contributed by atoms with E-state index in [2.05, 4.69) is 35.6 Å². The summed E-state index contributed by atoms with van der Waals surface area (Å²) in [6, 6.07) is 4.47. The highest BCUT2D eigenvalue weighted by molar-refractivity contribution is 8.01. The number of nitrogen functional groups attached to an aromatic ring is 1. The minimum atomic E-state index is -1.23. The van der Waals surface area contributed by atoms with Crippen LogP contribution in [0.2, 0.25) is 0 Å². The number of carbonyl (C=O) groups is 3. The highest BCUT2D eigenvalue weighted by Gasteiger charge is 2.54. The molecule has 196 valence electrons. The van der Waals surface area contributed by atoms with Crippen LogP contribution in [0.25, 0.3) is 11.5 Å². The van der Waals surface area contributed by atoms with Crippen LogP contribution in [0.4, 0.5) is 5.13 Å². The van der Waals surface area contributed by atoms with Gasteiger partial charge in [-0.05, 0) is 17.7 Å². The average molecular weight is 574 g/mol. The first-order chi connectivity index (χ1) is 18.4. The summed E-state index contributed by atoms with van der Waals surface area (Å²) in [6.45, 7) is 0. The fourth-order valence-corrected chi connectivity index (χ4v) is 6.61. The Labute approximate surface area is 227 Å². The molecule has 14 nitrogen and oxygen atoms in total. The molecule has 2 atom stereocenters. The van der Waals surface area contributed by atoms with Crippen LogP contribution in [-0.4, -0.2) is 88.7 Å². The number of amides is 2. The maximum absolute atomic E-state index is 13.0. The molecular formula is C21H19N9O5S3. The number of nitrogens with one attached hydrogen (secondary N) is 2. The Bertz CT molecular complexity index is 1460. The SMILES string of the molecule is CON=C(C(=O)N[C@@H]1C(=O)N2C(C(=O)O)=C(CSc3n[nH]c(-c4ccccn4)n3)CS[C@@H]12)c1csc(N)n1. The maximum atomic E-state index is 13.0. The number of aliphatic carboxylic acids is 1. The molecule has 1 saturated heterocycles. The van der Waals surface area contributed by atoms with Gasteiger partial charge in [-0.1, -0.05) is 23.0 Å². The molecule has 3 aromatic heterocycles. The third kappa shape index (κ3) is 4.94. The van der Waals surface area contributed by atoms with Crippen LogP contribution in [-0.2, 0) is 19.2 Å². The molecule has 1 fully saturated rings. The number of carboxylic acid groups (broad SMARTS) is 1. The number of oxime groups is 1. The summed E-state index contributed by atoms with van der Waals surface area (Å²) in [7, 11) is 1.28. The molecule has 2 aliphatic heterocycles. The molecule has 0 bridgehead atoms. The predicted octanol–water partition coefficient (Wildman–Crippen LogP) is 0.787. The number of pyridine rings is 1. The Morgan fingerprint density at radius 2 is 2.24 bits per heavy atom. The van der Waals surface area contributed by atoms with Gasteiger partial charge in [0.15, 0.2) is 16.7 Å². The molecule has 0 saturated carbocycles. The fourth-order valence-electron chi connectivity index (χ4n) is 3.78. The van der Waals surface area contributed by atoms with E-state index in [0.717, 1.165) is 11.3 Å². The summed E-state index contributed by atoms with van der Waals surface area (Å²) in [5.74, 6) is -1.36. The number of carbonyl (C=O) groups excluding carboxylic acids is 2. The molecule has 38 heavy (non-hydrogen) atoms. The summed E-state index contributed by atoms with van der Waals surface area (Å²) >= 11 is 3.72. The van der Waals surface area contributed by atoms with Crippen LogP contribution < -0.4 is 11.1 Å². The number of thioether (sulfide) groups is 2. The second kappa shape index (κ2) is 10.8. The standard InChI is InChI=1S/C21H19N9O5S3/c1-35-29-12(11-8-37-20(22)24-11)16(31)25-13-17(32)30-14(19(33)34)9(6-36-18(13)30)7-38-21-26-15(27-28-21)10-4-2-3-5-23-10/h2-5,8,13,18H,6-7H2,1H3,(H2,22,24)(H,25,31)(H,33,34)(H,26,27,28)/t13-,18+/m1/s1. The number of nitrogens with zero attached hydrogens (tertiary/aromatic N) is 6. The van der Waals surface area contributed by atoms with E-state index in [0.29, 0.717) is 28.0 Å². The Balaban J connectivity index is 1.28. The summed E-state index contributed by atoms with van der Waals surface area (Å²) < 4.78 is 0. The van der Waals surface area contributed by atoms with E-state index >= 15 is 0 Å². The smallest absolute Gasteiger partial charge is 0.352 e. The Kier molecular flexibility index (Phi) is 7.30. The number of anilines is 1. The summed E-state index contributed by atoms with van der Waals surface area (Å²) in [5, 5.41) is 24.8. The van der Waals surface area contributed by atoms with Gasteiger partial charge in [0.05, 0.1) is 0 Å². The highest BCUT2D eigenvalue weighted by atomic mass is 32.2. The first-order valence-corrected chi connectivity index (χ1v) is 13.8. The van der Waals surface area contributed by atoms with Gasteiger partial charge in [0, 0.05) is 23.1 Å². The largest absolute Gasteiger partial charge is 0.477 e. The third-order valence-corrected chi connectivity index (χ3v) is 8.39. The number of aromatic amines is 1. The van der Waals surface area contributed by atoms with Crippen molar-refractivity contribution in [3.8, 4) is 11.5 Å². The molecule has 2 amide bonds. The van der Waals surface area contributed by atoms with Crippen molar-refractivity contribution in [1.82, 2.24) is 35.4 Å². The molecule has 0 unspecified atom stereocenters. The van der Waals surface area contributed by atoms with Crippen LogP contribution in [0.1, 0.15) is 5.69 Å². The van der Waals surface area contributed by atoms with Crippen molar-refractivity contribution >= 4 is 63.5 Å². The predicted molar refractivity (Wildman–Crippen MR) is 140 cm³/mol. The molecule has 0 aromatic carbocycles. The zero-order valence-corrected chi connectivity index (χ0v) is 22.0. The van der Waals surface area contributed by atoms with Crippen LogP contribution >= 0.6 is 34.9 Å². The zero-order chi connectivity index (χ0) is 26.8. The first-order valence-electron chi connectivity index (χ1n) is 10.9. The quantitative estimate of drug-likeness (QED) is 0.121. The minimum Gasteiger partial charge on any atom is -0.477 e. The normalized spacial score (nSPS) is 19.1. The first kappa shape index (κ1) is 25.7. The molecule has 5 rings (SSSR count). The van der Waals surface area contributed by atoms with Gasteiger partial charge in [0.2, 0.25) is 5.16 Å². The number of H-pyrrole nitrogens is 1. The molecule has 5 N–H and O–H groups in total. The van der Waals surface area contributed by atoms with Crippen molar-refractivity contribution in [3.05, 3.63) is 46.7 Å². The monoisotopic (exact) mass is 573 g/mol. The van der Waals surface area contributed by atoms with Gasteiger partial charge >= 0.3 is 5.97 Å². The number of aromatic nitrogens is 5. The molecule has 0 spiro atoms.